The molecule has 0 bridgehead atoms. The first kappa shape index (κ1) is 14.8. The monoisotopic (exact) mass is 296 g/mol. The van der Waals surface area contributed by atoms with Gasteiger partial charge in [0.2, 0.25) is 0 Å². The smallest absolute Gasteiger partial charge is 0.329 e. The van der Waals surface area contributed by atoms with E-state index in [2.05, 4.69) is 22.8 Å². The summed E-state index contributed by atoms with van der Waals surface area (Å²) >= 11 is 1.71. The zero-order valence-corrected chi connectivity index (χ0v) is 12.5. The number of carboxylic acid groups (broad SMARTS) is 1. The highest BCUT2D eigenvalue weighted by Gasteiger charge is 2.45. The fourth-order valence-corrected chi connectivity index (χ4v) is 3.37. The van der Waals surface area contributed by atoms with Gasteiger partial charge in [0.05, 0.1) is 0 Å². The number of urea groups is 1. The van der Waals surface area contributed by atoms with Crippen molar-refractivity contribution in [3.05, 3.63) is 21.9 Å². The number of rotatable bonds is 5. The van der Waals surface area contributed by atoms with Crippen molar-refractivity contribution >= 4 is 23.3 Å². The standard InChI is InChI=1S/C14H20N2O3S/c1-9(8-11-5-4-10(2)20-11)15-13(19)16-14(12(17)18)6-3-7-14/h4-5,9H,3,6-8H2,1-2H3,(H,17,18)(H2,15,16,19). The van der Waals surface area contributed by atoms with E-state index in [0.29, 0.717) is 12.8 Å². The van der Waals surface area contributed by atoms with E-state index < -0.39 is 17.5 Å². The summed E-state index contributed by atoms with van der Waals surface area (Å²) in [5.41, 5.74) is -1.05. The topological polar surface area (TPSA) is 78.4 Å². The minimum Gasteiger partial charge on any atom is -0.480 e. The molecule has 1 unspecified atom stereocenters. The van der Waals surface area contributed by atoms with E-state index in [0.717, 1.165) is 12.8 Å². The molecule has 1 saturated carbocycles. The molecule has 1 heterocycles. The molecule has 0 spiro atoms. The van der Waals surface area contributed by atoms with Crippen LogP contribution in [0.25, 0.3) is 0 Å². The van der Waals surface area contributed by atoms with Gasteiger partial charge in [0, 0.05) is 22.2 Å². The number of thiophene rings is 1. The Labute approximate surface area is 122 Å². The van der Waals surface area contributed by atoms with E-state index in [9.17, 15) is 9.59 Å². The van der Waals surface area contributed by atoms with E-state index in [-0.39, 0.29) is 6.04 Å². The lowest BCUT2D eigenvalue weighted by atomic mass is 9.77. The van der Waals surface area contributed by atoms with Gasteiger partial charge in [-0.25, -0.2) is 9.59 Å². The highest BCUT2D eigenvalue weighted by Crippen LogP contribution is 2.31. The van der Waals surface area contributed by atoms with Gasteiger partial charge in [0.25, 0.3) is 0 Å². The zero-order chi connectivity index (χ0) is 14.8. The molecule has 1 fully saturated rings. The number of hydrogen-bond acceptors (Lipinski definition) is 3. The second kappa shape index (κ2) is 5.83. The summed E-state index contributed by atoms with van der Waals surface area (Å²) in [6, 6.07) is 3.69. The van der Waals surface area contributed by atoms with Gasteiger partial charge in [-0.15, -0.1) is 11.3 Å². The Morgan fingerprint density at radius 2 is 2.15 bits per heavy atom. The van der Waals surface area contributed by atoms with Gasteiger partial charge in [-0.2, -0.15) is 0 Å². The second-order valence-electron chi connectivity index (χ2n) is 5.46. The highest BCUT2D eigenvalue weighted by molar-refractivity contribution is 7.11. The third-order valence-corrected chi connectivity index (χ3v) is 4.67. The average molecular weight is 296 g/mol. The molecule has 2 rings (SSSR count). The van der Waals surface area contributed by atoms with Crippen LogP contribution in [0.4, 0.5) is 4.79 Å². The van der Waals surface area contributed by atoms with Crippen molar-refractivity contribution in [1.29, 1.82) is 0 Å². The fraction of sp³-hybridized carbons (Fsp3) is 0.571. The normalized spacial score (nSPS) is 17.9. The van der Waals surface area contributed by atoms with Crippen molar-refractivity contribution in [3.63, 3.8) is 0 Å². The summed E-state index contributed by atoms with van der Waals surface area (Å²) in [5.74, 6) is -0.944. The number of carboxylic acids is 1. The summed E-state index contributed by atoms with van der Waals surface area (Å²) in [5, 5.41) is 14.6. The molecule has 0 aromatic carbocycles. The van der Waals surface area contributed by atoms with Crippen LogP contribution in [0, 0.1) is 6.92 Å². The third-order valence-electron chi connectivity index (χ3n) is 3.65. The maximum Gasteiger partial charge on any atom is 0.329 e. The second-order valence-corrected chi connectivity index (χ2v) is 6.83. The first-order valence-electron chi connectivity index (χ1n) is 6.79. The number of carbonyl (C=O) groups excluding carboxylic acids is 1. The molecular formula is C14H20N2O3S. The van der Waals surface area contributed by atoms with Crippen molar-refractivity contribution in [1.82, 2.24) is 10.6 Å². The molecule has 1 aliphatic rings. The van der Waals surface area contributed by atoms with Gasteiger partial charge >= 0.3 is 12.0 Å². The molecule has 1 aromatic heterocycles. The minimum absolute atomic E-state index is 0.0287. The lowest BCUT2D eigenvalue weighted by Gasteiger charge is -2.38. The van der Waals surface area contributed by atoms with Crippen LogP contribution in [-0.2, 0) is 11.2 Å². The van der Waals surface area contributed by atoms with E-state index in [4.69, 9.17) is 5.11 Å². The molecule has 1 aliphatic carbocycles. The fourth-order valence-electron chi connectivity index (χ4n) is 2.35. The molecule has 0 radical (unpaired) electrons. The molecule has 0 aliphatic heterocycles. The van der Waals surface area contributed by atoms with Gasteiger partial charge in [0.15, 0.2) is 0 Å². The van der Waals surface area contributed by atoms with Gasteiger partial charge in [-0.1, -0.05) is 0 Å². The summed E-state index contributed by atoms with van der Waals surface area (Å²) < 4.78 is 0. The third kappa shape index (κ3) is 3.30. The van der Waals surface area contributed by atoms with Crippen molar-refractivity contribution < 1.29 is 14.7 Å². The van der Waals surface area contributed by atoms with Crippen LogP contribution in [-0.4, -0.2) is 28.7 Å². The molecule has 0 saturated heterocycles. The minimum atomic E-state index is -1.05. The maximum absolute atomic E-state index is 11.9. The van der Waals surface area contributed by atoms with Crippen molar-refractivity contribution in [2.75, 3.05) is 0 Å². The lowest BCUT2D eigenvalue weighted by molar-refractivity contribution is -0.148. The highest BCUT2D eigenvalue weighted by atomic mass is 32.1. The number of carbonyl (C=O) groups is 2. The predicted octanol–water partition coefficient (Wildman–Crippen LogP) is 2.29. The molecule has 2 amide bonds. The van der Waals surface area contributed by atoms with Crippen LogP contribution in [0.3, 0.4) is 0 Å². The van der Waals surface area contributed by atoms with Gasteiger partial charge in [0.1, 0.15) is 5.54 Å². The van der Waals surface area contributed by atoms with Crippen LogP contribution in [0.5, 0.6) is 0 Å². The molecule has 20 heavy (non-hydrogen) atoms. The Balaban J connectivity index is 1.83. The van der Waals surface area contributed by atoms with Crippen LogP contribution < -0.4 is 10.6 Å². The quantitative estimate of drug-likeness (QED) is 0.780. The summed E-state index contributed by atoms with van der Waals surface area (Å²) in [4.78, 5) is 25.5. The Kier molecular flexibility index (Phi) is 4.32. The van der Waals surface area contributed by atoms with E-state index in [1.54, 1.807) is 11.3 Å². The largest absolute Gasteiger partial charge is 0.480 e. The Bertz CT molecular complexity index is 508. The predicted molar refractivity (Wildman–Crippen MR) is 78.1 cm³/mol. The molecule has 3 N–H and O–H groups in total. The van der Waals surface area contributed by atoms with E-state index in [1.165, 1.54) is 9.75 Å². The maximum atomic E-state index is 11.9. The van der Waals surface area contributed by atoms with Crippen molar-refractivity contribution in [2.24, 2.45) is 0 Å². The summed E-state index contributed by atoms with van der Waals surface area (Å²) in [7, 11) is 0. The molecule has 6 heteroatoms. The molecule has 1 aromatic rings. The van der Waals surface area contributed by atoms with Gasteiger partial charge in [-0.3, -0.25) is 0 Å². The lowest BCUT2D eigenvalue weighted by Crippen LogP contribution is -2.61. The van der Waals surface area contributed by atoms with Gasteiger partial charge in [-0.05, 0) is 45.2 Å². The van der Waals surface area contributed by atoms with Crippen molar-refractivity contribution in [3.8, 4) is 0 Å². The van der Waals surface area contributed by atoms with E-state index >= 15 is 0 Å². The van der Waals surface area contributed by atoms with Crippen LogP contribution in [0.2, 0.25) is 0 Å². The number of aryl methyl sites for hydroxylation is 1. The molecule has 5 nitrogen and oxygen atoms in total. The van der Waals surface area contributed by atoms with Gasteiger partial charge < -0.3 is 15.7 Å². The first-order valence-corrected chi connectivity index (χ1v) is 7.60. The van der Waals surface area contributed by atoms with Crippen LogP contribution in [0.15, 0.2) is 12.1 Å². The van der Waals surface area contributed by atoms with E-state index in [1.807, 2.05) is 13.8 Å². The first-order chi connectivity index (χ1) is 9.41. The number of aliphatic carboxylic acids is 1. The number of nitrogens with one attached hydrogen (secondary N) is 2. The molecule has 110 valence electrons. The average Bonchev–Trinajstić information content (AvgIpc) is 2.68. The Hall–Kier alpha value is -1.56. The van der Waals surface area contributed by atoms with Crippen LogP contribution >= 0.6 is 11.3 Å². The molecular weight excluding hydrogens is 276 g/mol. The SMILES string of the molecule is Cc1ccc(CC(C)NC(=O)NC2(C(=O)O)CCC2)s1. The van der Waals surface area contributed by atoms with Crippen molar-refractivity contribution in [2.45, 2.75) is 51.1 Å². The molecule has 1 atom stereocenters. The summed E-state index contributed by atoms with van der Waals surface area (Å²) in [6.45, 7) is 3.97. The number of hydrogen-bond donors (Lipinski definition) is 3. The summed E-state index contributed by atoms with van der Waals surface area (Å²) in [6.07, 6.45) is 2.62. The van der Waals surface area contributed by atoms with Crippen LogP contribution in [0.1, 0.15) is 35.9 Å². The Morgan fingerprint density at radius 1 is 1.45 bits per heavy atom. The Morgan fingerprint density at radius 3 is 2.60 bits per heavy atom. The number of amides is 2. The zero-order valence-electron chi connectivity index (χ0n) is 11.7.